The molecule has 0 heterocycles. The maximum Gasteiger partial charge on any atom is 0.211 e. The van der Waals surface area contributed by atoms with Crippen molar-refractivity contribution >= 4 is 5.90 Å². The molecule has 0 aliphatic heterocycles. The van der Waals surface area contributed by atoms with Gasteiger partial charge in [-0.25, -0.2) is 0 Å². The topological polar surface area (TPSA) is 114 Å². The van der Waals surface area contributed by atoms with Crippen LogP contribution in [0.4, 0.5) is 0 Å². The zero-order valence-electron chi connectivity index (χ0n) is 25.8. The minimum absolute atomic E-state index is 0.264. The molecule has 0 saturated carbocycles. The van der Waals surface area contributed by atoms with Crippen LogP contribution in [0.1, 0.15) is 127 Å². The van der Waals surface area contributed by atoms with Crippen molar-refractivity contribution in [1.82, 2.24) is 0 Å². The number of benzene rings is 2. The predicted octanol–water partition coefficient (Wildman–Crippen LogP) is 8.97. The quantitative estimate of drug-likeness (QED) is 0.0493. The van der Waals surface area contributed by atoms with Gasteiger partial charge in [0.15, 0.2) is 11.5 Å². The minimum atomic E-state index is 0.264. The van der Waals surface area contributed by atoms with E-state index >= 15 is 0 Å². The summed E-state index contributed by atoms with van der Waals surface area (Å²) in [7, 11) is 0. The molecule has 0 amide bonds. The summed E-state index contributed by atoms with van der Waals surface area (Å²) in [6.07, 6.45) is 18.0. The monoisotopic (exact) mass is 574 g/mol. The smallest absolute Gasteiger partial charge is 0.211 e. The van der Waals surface area contributed by atoms with Crippen LogP contribution in [-0.4, -0.2) is 19.1 Å². The van der Waals surface area contributed by atoms with Crippen molar-refractivity contribution in [3.8, 4) is 29.4 Å². The Kier molecular flexibility index (Phi) is 18.0. The molecule has 0 aromatic heterocycles. The van der Waals surface area contributed by atoms with Gasteiger partial charge >= 0.3 is 0 Å². The average Bonchev–Trinajstić information content (AvgIpc) is 3.02. The highest BCUT2D eigenvalue weighted by atomic mass is 16.5. The molecule has 0 radical (unpaired) electrons. The second-order valence-corrected chi connectivity index (χ2v) is 10.8. The number of nitriles is 2. The highest BCUT2D eigenvalue weighted by molar-refractivity contribution is 5.78. The fourth-order valence-corrected chi connectivity index (χ4v) is 4.73. The van der Waals surface area contributed by atoms with E-state index < -0.39 is 0 Å². The molecule has 2 aromatic carbocycles. The Bertz CT molecular complexity index is 1150. The predicted molar refractivity (Wildman–Crippen MR) is 170 cm³/mol. The van der Waals surface area contributed by atoms with Gasteiger partial charge in [-0.1, -0.05) is 84.1 Å². The van der Waals surface area contributed by atoms with E-state index in [1.54, 1.807) is 12.1 Å². The van der Waals surface area contributed by atoms with Gasteiger partial charge in [0.1, 0.15) is 17.9 Å². The first kappa shape index (κ1) is 34.5. The van der Waals surface area contributed by atoms with E-state index in [0.29, 0.717) is 30.2 Å². The fourth-order valence-electron chi connectivity index (χ4n) is 4.73. The van der Waals surface area contributed by atoms with Crippen LogP contribution in [0.3, 0.4) is 0 Å². The Morgan fingerprint density at radius 1 is 0.690 bits per heavy atom. The lowest BCUT2D eigenvalue weighted by Gasteiger charge is -2.15. The Hall–Kier alpha value is -3.71. The summed E-state index contributed by atoms with van der Waals surface area (Å²) in [5.74, 6) is 8.08. The SMILES string of the molecule is CCCCCCCCOc1ccc(CCCCC(=NN)Oc2ccc(C#N)c(C#N)c2)cc1OCCCCCCCC. The van der Waals surface area contributed by atoms with Crippen molar-refractivity contribution in [3.05, 3.63) is 53.1 Å². The maximum absolute atomic E-state index is 9.25. The Morgan fingerprint density at radius 2 is 1.31 bits per heavy atom. The Morgan fingerprint density at radius 3 is 1.93 bits per heavy atom. The van der Waals surface area contributed by atoms with Gasteiger partial charge in [-0.15, -0.1) is 5.10 Å². The van der Waals surface area contributed by atoms with Crippen molar-refractivity contribution < 1.29 is 14.2 Å². The lowest BCUT2D eigenvalue weighted by Crippen LogP contribution is -2.11. The summed E-state index contributed by atoms with van der Waals surface area (Å²) >= 11 is 0. The number of nitrogens with two attached hydrogens (primary N) is 1. The van der Waals surface area contributed by atoms with E-state index in [1.165, 1.54) is 75.8 Å². The van der Waals surface area contributed by atoms with Crippen LogP contribution in [0.2, 0.25) is 0 Å². The first-order valence-corrected chi connectivity index (χ1v) is 15.9. The highest BCUT2D eigenvalue weighted by Crippen LogP contribution is 2.30. The largest absolute Gasteiger partial charge is 0.490 e. The summed E-state index contributed by atoms with van der Waals surface area (Å²) in [5, 5.41) is 22.1. The third-order valence-electron chi connectivity index (χ3n) is 7.24. The molecule has 0 saturated heterocycles. The van der Waals surface area contributed by atoms with Crippen LogP contribution < -0.4 is 20.1 Å². The molecule has 0 unspecified atom stereocenters. The van der Waals surface area contributed by atoms with Gasteiger partial charge in [0.05, 0.1) is 24.3 Å². The molecule has 0 fully saturated rings. The van der Waals surface area contributed by atoms with Crippen LogP contribution in [0.15, 0.2) is 41.5 Å². The van der Waals surface area contributed by atoms with Crippen LogP contribution in [-0.2, 0) is 6.42 Å². The molecule has 228 valence electrons. The number of hydrazone groups is 1. The molecule has 7 nitrogen and oxygen atoms in total. The molecule has 0 bridgehead atoms. The molecule has 7 heteroatoms. The van der Waals surface area contributed by atoms with Crippen molar-refractivity contribution in [2.45, 2.75) is 117 Å². The molecule has 2 aromatic rings. The molecular weight excluding hydrogens is 524 g/mol. The number of hydrogen-bond acceptors (Lipinski definition) is 7. The standard InChI is InChI=1S/C35H50N4O3/c1-3-5-7-9-11-15-23-40-33-22-19-29(25-34(33)41-24-16-12-10-8-6-4-2)17-13-14-18-35(39-38)42-32-21-20-30(27-36)31(26-32)28-37/h19-22,25-26H,3-18,23-24,38H2,1-2H3. The van der Waals surface area contributed by atoms with E-state index in [4.69, 9.17) is 25.3 Å². The highest BCUT2D eigenvalue weighted by Gasteiger charge is 2.10. The van der Waals surface area contributed by atoms with Gasteiger partial charge in [0.25, 0.3) is 0 Å². The molecular formula is C35H50N4O3. The van der Waals surface area contributed by atoms with E-state index in [0.717, 1.165) is 50.2 Å². The first-order valence-electron chi connectivity index (χ1n) is 15.9. The Labute approximate surface area is 253 Å². The van der Waals surface area contributed by atoms with Gasteiger partial charge < -0.3 is 20.1 Å². The van der Waals surface area contributed by atoms with Gasteiger partial charge in [-0.2, -0.15) is 10.5 Å². The zero-order chi connectivity index (χ0) is 30.3. The van der Waals surface area contributed by atoms with Gasteiger partial charge in [-0.05, 0) is 68.0 Å². The molecule has 0 spiro atoms. The Balaban J connectivity index is 1.87. The third kappa shape index (κ3) is 13.8. The molecule has 2 N–H and O–H groups in total. The lowest BCUT2D eigenvalue weighted by molar-refractivity contribution is 0.258. The molecule has 0 atom stereocenters. The number of ether oxygens (including phenoxy) is 3. The molecule has 2 rings (SSSR count). The van der Waals surface area contributed by atoms with E-state index in [1.807, 2.05) is 12.1 Å². The van der Waals surface area contributed by atoms with Crippen LogP contribution in [0, 0.1) is 22.7 Å². The normalized spacial score (nSPS) is 11.1. The summed E-state index contributed by atoms with van der Waals surface area (Å²) < 4.78 is 18.2. The maximum atomic E-state index is 9.25. The molecule has 0 aliphatic rings. The van der Waals surface area contributed by atoms with Crippen molar-refractivity contribution in [1.29, 1.82) is 10.5 Å². The number of nitrogens with zero attached hydrogens (tertiary/aromatic N) is 3. The third-order valence-corrected chi connectivity index (χ3v) is 7.24. The first-order chi connectivity index (χ1) is 20.6. The number of aryl methyl sites for hydroxylation is 1. The number of hydrogen-bond donors (Lipinski definition) is 1. The van der Waals surface area contributed by atoms with Gasteiger partial charge in [-0.3, -0.25) is 0 Å². The molecule has 42 heavy (non-hydrogen) atoms. The lowest BCUT2D eigenvalue weighted by atomic mass is 10.1. The number of unbranched alkanes of at least 4 members (excludes halogenated alkanes) is 11. The second-order valence-electron chi connectivity index (χ2n) is 10.8. The second kappa shape index (κ2) is 22.0. The van der Waals surface area contributed by atoms with Crippen molar-refractivity contribution in [2.24, 2.45) is 10.9 Å². The van der Waals surface area contributed by atoms with Crippen LogP contribution >= 0.6 is 0 Å². The van der Waals surface area contributed by atoms with E-state index in [-0.39, 0.29) is 5.56 Å². The van der Waals surface area contributed by atoms with E-state index in [9.17, 15) is 5.26 Å². The van der Waals surface area contributed by atoms with Crippen molar-refractivity contribution in [2.75, 3.05) is 13.2 Å². The van der Waals surface area contributed by atoms with Gasteiger partial charge in [0.2, 0.25) is 5.90 Å². The van der Waals surface area contributed by atoms with Crippen LogP contribution in [0.5, 0.6) is 17.2 Å². The minimum Gasteiger partial charge on any atom is -0.490 e. The van der Waals surface area contributed by atoms with Crippen molar-refractivity contribution in [3.63, 3.8) is 0 Å². The summed E-state index contributed by atoms with van der Waals surface area (Å²) in [6.45, 7) is 5.91. The summed E-state index contributed by atoms with van der Waals surface area (Å²) in [4.78, 5) is 0. The van der Waals surface area contributed by atoms with Gasteiger partial charge in [0, 0.05) is 6.42 Å². The summed E-state index contributed by atoms with van der Waals surface area (Å²) in [6, 6.07) is 15.1. The zero-order valence-corrected chi connectivity index (χ0v) is 25.8. The average molecular weight is 575 g/mol. The summed E-state index contributed by atoms with van der Waals surface area (Å²) in [5.41, 5.74) is 1.78. The fraction of sp³-hybridized carbons (Fsp3) is 0.571. The van der Waals surface area contributed by atoms with Crippen LogP contribution in [0.25, 0.3) is 0 Å². The molecule has 0 aliphatic carbocycles. The number of rotatable bonds is 22. The van der Waals surface area contributed by atoms with E-state index in [2.05, 4.69) is 37.1 Å².